The third-order valence-corrected chi connectivity index (χ3v) is 3.71. The van der Waals surface area contributed by atoms with E-state index in [1.165, 1.54) is 0 Å². The van der Waals surface area contributed by atoms with Gasteiger partial charge in [-0.3, -0.25) is 4.98 Å². The molecule has 4 aromatic rings. The lowest BCUT2D eigenvalue weighted by molar-refractivity contribution is 0.193. The highest BCUT2D eigenvalue weighted by molar-refractivity contribution is 5.85. The summed E-state index contributed by atoms with van der Waals surface area (Å²) >= 11 is 0. The van der Waals surface area contributed by atoms with Gasteiger partial charge < -0.3 is 9.52 Å². The molecule has 2 heterocycles. The van der Waals surface area contributed by atoms with Crippen LogP contribution in [0.2, 0.25) is 0 Å². The first-order chi connectivity index (χ1) is 10.3. The maximum absolute atomic E-state index is 10.7. The highest BCUT2D eigenvalue weighted by Crippen LogP contribution is 2.31. The quantitative estimate of drug-likeness (QED) is 0.600. The Morgan fingerprint density at radius 3 is 2.52 bits per heavy atom. The maximum atomic E-state index is 10.7. The third-order valence-electron chi connectivity index (χ3n) is 3.71. The summed E-state index contributed by atoms with van der Waals surface area (Å²) < 4.78 is 5.76. The molecular weight excluding hydrogens is 262 g/mol. The Hall–Kier alpha value is -2.65. The zero-order valence-corrected chi connectivity index (χ0v) is 11.2. The van der Waals surface area contributed by atoms with E-state index in [4.69, 9.17) is 4.42 Å². The van der Waals surface area contributed by atoms with E-state index in [1.807, 2.05) is 54.6 Å². The van der Waals surface area contributed by atoms with Crippen molar-refractivity contribution < 1.29 is 9.52 Å². The van der Waals surface area contributed by atoms with Crippen molar-refractivity contribution in [1.82, 2.24) is 4.98 Å². The summed E-state index contributed by atoms with van der Waals surface area (Å²) in [5.74, 6) is 0.536. The molecule has 0 fully saturated rings. The standard InChI is InChI=1S/C18H13NO2/c20-18(17-9-12-5-2-4-8-16(12)21-17)15-11-19-10-13-6-1-3-7-14(13)15/h1-11,18,20H. The van der Waals surface area contributed by atoms with Crippen molar-refractivity contribution in [1.29, 1.82) is 0 Å². The molecule has 0 saturated carbocycles. The number of aromatic nitrogens is 1. The maximum Gasteiger partial charge on any atom is 0.139 e. The zero-order chi connectivity index (χ0) is 14.2. The minimum Gasteiger partial charge on any atom is -0.458 e. The fraction of sp³-hybridized carbons (Fsp3) is 0.0556. The molecule has 2 aromatic heterocycles. The number of fused-ring (bicyclic) bond motifs is 2. The smallest absolute Gasteiger partial charge is 0.139 e. The second-order valence-corrected chi connectivity index (χ2v) is 5.04. The Bertz CT molecular complexity index is 888. The second kappa shape index (κ2) is 4.72. The molecule has 1 atom stereocenters. The average Bonchev–Trinajstić information content (AvgIpc) is 2.97. The number of aliphatic hydroxyl groups is 1. The van der Waals surface area contributed by atoms with Crippen LogP contribution in [0.1, 0.15) is 17.4 Å². The topological polar surface area (TPSA) is 46.3 Å². The van der Waals surface area contributed by atoms with Crippen LogP contribution in [-0.2, 0) is 0 Å². The summed E-state index contributed by atoms with van der Waals surface area (Å²) in [5, 5.41) is 13.6. The van der Waals surface area contributed by atoms with E-state index in [-0.39, 0.29) is 0 Å². The third kappa shape index (κ3) is 1.99. The number of hydrogen-bond donors (Lipinski definition) is 1. The van der Waals surface area contributed by atoms with Gasteiger partial charge in [-0.05, 0) is 17.5 Å². The number of rotatable bonds is 2. The molecule has 1 N–H and O–H groups in total. The van der Waals surface area contributed by atoms with Crippen LogP contribution in [-0.4, -0.2) is 10.1 Å². The zero-order valence-electron chi connectivity index (χ0n) is 11.2. The fourth-order valence-electron chi connectivity index (χ4n) is 2.65. The molecule has 0 radical (unpaired) electrons. The normalized spacial score (nSPS) is 12.8. The van der Waals surface area contributed by atoms with Crippen molar-refractivity contribution in [3.8, 4) is 0 Å². The number of benzene rings is 2. The van der Waals surface area contributed by atoms with Gasteiger partial charge in [0.2, 0.25) is 0 Å². The Morgan fingerprint density at radius 2 is 1.67 bits per heavy atom. The predicted molar refractivity (Wildman–Crippen MR) is 82.0 cm³/mol. The Balaban J connectivity index is 1.87. The number of aliphatic hydroxyl groups excluding tert-OH is 1. The van der Waals surface area contributed by atoms with Gasteiger partial charge in [-0.25, -0.2) is 0 Å². The first kappa shape index (κ1) is 12.1. The molecule has 4 rings (SSSR count). The highest BCUT2D eigenvalue weighted by atomic mass is 16.4. The van der Waals surface area contributed by atoms with Crippen molar-refractivity contribution in [3.63, 3.8) is 0 Å². The SMILES string of the molecule is OC(c1cc2ccccc2o1)c1cncc2ccccc12. The molecule has 3 heteroatoms. The van der Waals surface area contributed by atoms with E-state index < -0.39 is 6.10 Å². The molecule has 0 saturated heterocycles. The Kier molecular flexibility index (Phi) is 2.72. The molecule has 0 aliphatic rings. The number of hydrogen-bond acceptors (Lipinski definition) is 3. The fourth-order valence-corrected chi connectivity index (χ4v) is 2.65. The average molecular weight is 275 g/mol. The molecule has 3 nitrogen and oxygen atoms in total. The van der Waals surface area contributed by atoms with E-state index in [0.29, 0.717) is 5.76 Å². The summed E-state index contributed by atoms with van der Waals surface area (Å²) in [6.45, 7) is 0. The number of pyridine rings is 1. The monoisotopic (exact) mass is 275 g/mol. The lowest BCUT2D eigenvalue weighted by Gasteiger charge is -2.10. The molecule has 102 valence electrons. The van der Waals surface area contributed by atoms with Crippen LogP contribution >= 0.6 is 0 Å². The molecule has 0 aliphatic heterocycles. The van der Waals surface area contributed by atoms with Gasteiger partial charge in [0.15, 0.2) is 0 Å². The van der Waals surface area contributed by atoms with Crippen molar-refractivity contribution in [3.05, 3.63) is 78.3 Å². The van der Waals surface area contributed by atoms with Crippen LogP contribution in [0, 0.1) is 0 Å². The van der Waals surface area contributed by atoms with E-state index in [9.17, 15) is 5.11 Å². The Labute approximate surface area is 121 Å². The molecule has 0 bridgehead atoms. The molecule has 1 unspecified atom stereocenters. The van der Waals surface area contributed by atoms with Gasteiger partial charge in [-0.15, -0.1) is 0 Å². The van der Waals surface area contributed by atoms with E-state index >= 15 is 0 Å². The van der Waals surface area contributed by atoms with Crippen LogP contribution in [0.3, 0.4) is 0 Å². The van der Waals surface area contributed by atoms with Crippen LogP contribution < -0.4 is 0 Å². The summed E-state index contributed by atoms with van der Waals surface area (Å²) in [6.07, 6.45) is 2.67. The van der Waals surface area contributed by atoms with Crippen molar-refractivity contribution in [2.24, 2.45) is 0 Å². The minimum atomic E-state index is -0.823. The van der Waals surface area contributed by atoms with Gasteiger partial charge in [-0.2, -0.15) is 0 Å². The summed E-state index contributed by atoms with van der Waals surface area (Å²) in [5.41, 5.74) is 1.53. The molecule has 2 aromatic carbocycles. The molecule has 21 heavy (non-hydrogen) atoms. The number of para-hydroxylation sites is 1. The van der Waals surface area contributed by atoms with Gasteiger partial charge >= 0.3 is 0 Å². The van der Waals surface area contributed by atoms with E-state index in [0.717, 1.165) is 27.3 Å². The van der Waals surface area contributed by atoms with E-state index in [2.05, 4.69) is 4.98 Å². The van der Waals surface area contributed by atoms with Gasteiger partial charge in [0.1, 0.15) is 17.4 Å². The summed E-state index contributed by atoms with van der Waals surface area (Å²) in [4.78, 5) is 4.21. The van der Waals surface area contributed by atoms with Crippen LogP contribution in [0.25, 0.3) is 21.7 Å². The van der Waals surface area contributed by atoms with Gasteiger partial charge in [0.05, 0.1) is 0 Å². The largest absolute Gasteiger partial charge is 0.458 e. The molecule has 0 amide bonds. The van der Waals surface area contributed by atoms with Gasteiger partial charge in [-0.1, -0.05) is 42.5 Å². The number of nitrogens with zero attached hydrogens (tertiary/aromatic N) is 1. The minimum absolute atomic E-state index is 0.536. The van der Waals surface area contributed by atoms with Crippen LogP contribution in [0.15, 0.2) is 71.4 Å². The first-order valence-electron chi connectivity index (χ1n) is 6.82. The predicted octanol–water partition coefficient (Wildman–Crippen LogP) is 4.06. The molecule has 0 spiro atoms. The molecule has 0 aliphatic carbocycles. The number of furan rings is 1. The van der Waals surface area contributed by atoms with Gasteiger partial charge in [0.25, 0.3) is 0 Å². The lowest BCUT2D eigenvalue weighted by atomic mass is 10.0. The van der Waals surface area contributed by atoms with Crippen LogP contribution in [0.4, 0.5) is 0 Å². The van der Waals surface area contributed by atoms with Crippen LogP contribution in [0.5, 0.6) is 0 Å². The highest BCUT2D eigenvalue weighted by Gasteiger charge is 2.18. The second-order valence-electron chi connectivity index (χ2n) is 5.04. The van der Waals surface area contributed by atoms with E-state index in [1.54, 1.807) is 12.4 Å². The lowest BCUT2D eigenvalue weighted by Crippen LogP contribution is -1.99. The van der Waals surface area contributed by atoms with Crippen molar-refractivity contribution >= 4 is 21.7 Å². The summed E-state index contributed by atoms with van der Waals surface area (Å²) in [6, 6.07) is 17.5. The Morgan fingerprint density at radius 1 is 0.905 bits per heavy atom. The van der Waals surface area contributed by atoms with Crippen molar-refractivity contribution in [2.45, 2.75) is 6.10 Å². The van der Waals surface area contributed by atoms with Crippen molar-refractivity contribution in [2.75, 3.05) is 0 Å². The van der Waals surface area contributed by atoms with Gasteiger partial charge in [0, 0.05) is 28.7 Å². The first-order valence-corrected chi connectivity index (χ1v) is 6.82. The summed E-state index contributed by atoms with van der Waals surface area (Å²) in [7, 11) is 0. The molecular formula is C18H13NO2.